The van der Waals surface area contributed by atoms with E-state index in [0.717, 1.165) is 11.1 Å². The molecule has 2 aromatic rings. The van der Waals surface area contributed by atoms with Gasteiger partial charge in [0.15, 0.2) is 0 Å². The van der Waals surface area contributed by atoms with Crippen molar-refractivity contribution in [1.29, 1.82) is 0 Å². The fourth-order valence-electron chi connectivity index (χ4n) is 2.45. The first kappa shape index (κ1) is 19.8. The molecule has 0 aromatic heterocycles. The maximum absolute atomic E-state index is 12.3. The number of halogens is 1. The molecule has 0 fully saturated rings. The summed E-state index contributed by atoms with van der Waals surface area (Å²) in [7, 11) is 3.87. The van der Waals surface area contributed by atoms with Gasteiger partial charge in [-0.15, -0.1) is 0 Å². The van der Waals surface area contributed by atoms with Crippen molar-refractivity contribution < 1.29 is 14.7 Å². The van der Waals surface area contributed by atoms with Crippen molar-refractivity contribution >= 4 is 23.6 Å². The molecule has 2 amide bonds. The third-order valence-electron chi connectivity index (χ3n) is 3.78. The number of hydrogen-bond acceptors (Lipinski definition) is 3. The quantitative estimate of drug-likeness (QED) is 0.694. The van der Waals surface area contributed by atoms with Gasteiger partial charge < -0.3 is 20.6 Å². The van der Waals surface area contributed by atoms with Gasteiger partial charge in [-0.3, -0.25) is 0 Å². The Balaban J connectivity index is 1.95. The number of amides is 2. The van der Waals surface area contributed by atoms with Crippen LogP contribution in [0.3, 0.4) is 0 Å². The molecule has 2 aromatic carbocycles. The number of hydrogen-bond donors (Lipinski definition) is 3. The standard InChI is InChI=1S/C19H22ClN3O3/c1-23(2)12-17(14-7-9-16(20)10-8-14)22-19(26)21-11-13-3-5-15(6-4-13)18(24)25/h3-10,17H,11-12H2,1-2H3,(H,24,25)(H2,21,22,26). The highest BCUT2D eigenvalue weighted by atomic mass is 35.5. The Hall–Kier alpha value is -2.57. The van der Waals surface area contributed by atoms with Crippen LogP contribution in [-0.4, -0.2) is 42.6 Å². The minimum atomic E-state index is -0.975. The minimum Gasteiger partial charge on any atom is -0.478 e. The topological polar surface area (TPSA) is 81.7 Å². The summed E-state index contributed by atoms with van der Waals surface area (Å²) in [6, 6.07) is 13.3. The van der Waals surface area contributed by atoms with Crippen molar-refractivity contribution in [2.75, 3.05) is 20.6 Å². The fourth-order valence-corrected chi connectivity index (χ4v) is 2.58. The van der Waals surface area contributed by atoms with Crippen LogP contribution in [0, 0.1) is 0 Å². The van der Waals surface area contributed by atoms with Crippen LogP contribution in [0.5, 0.6) is 0 Å². The van der Waals surface area contributed by atoms with E-state index in [-0.39, 0.29) is 17.6 Å². The highest BCUT2D eigenvalue weighted by molar-refractivity contribution is 6.30. The van der Waals surface area contributed by atoms with Gasteiger partial charge in [-0.2, -0.15) is 0 Å². The normalized spacial score (nSPS) is 11.8. The van der Waals surface area contributed by atoms with E-state index in [2.05, 4.69) is 10.6 Å². The van der Waals surface area contributed by atoms with E-state index >= 15 is 0 Å². The monoisotopic (exact) mass is 375 g/mol. The summed E-state index contributed by atoms with van der Waals surface area (Å²) >= 11 is 5.93. The number of aromatic carboxylic acids is 1. The second kappa shape index (κ2) is 9.22. The molecule has 0 bridgehead atoms. The lowest BCUT2D eigenvalue weighted by molar-refractivity contribution is 0.0697. The lowest BCUT2D eigenvalue weighted by Gasteiger charge is -2.23. The van der Waals surface area contributed by atoms with Crippen molar-refractivity contribution in [2.24, 2.45) is 0 Å². The Morgan fingerprint density at radius 3 is 2.23 bits per heavy atom. The number of carboxylic acids is 1. The van der Waals surface area contributed by atoms with Crippen molar-refractivity contribution in [3.05, 3.63) is 70.2 Å². The highest BCUT2D eigenvalue weighted by Gasteiger charge is 2.15. The molecule has 2 rings (SSSR count). The molecule has 26 heavy (non-hydrogen) atoms. The smallest absolute Gasteiger partial charge is 0.335 e. The van der Waals surface area contributed by atoms with Gasteiger partial charge in [0, 0.05) is 18.1 Å². The van der Waals surface area contributed by atoms with Crippen LogP contribution < -0.4 is 10.6 Å². The number of carbonyl (C=O) groups is 2. The van der Waals surface area contributed by atoms with E-state index in [1.54, 1.807) is 24.3 Å². The lowest BCUT2D eigenvalue weighted by Crippen LogP contribution is -2.41. The number of nitrogens with zero attached hydrogens (tertiary/aromatic N) is 1. The third kappa shape index (κ3) is 6.06. The van der Waals surface area contributed by atoms with E-state index in [4.69, 9.17) is 16.7 Å². The zero-order valence-corrected chi connectivity index (χ0v) is 15.5. The molecule has 0 aliphatic rings. The van der Waals surface area contributed by atoms with Gasteiger partial charge >= 0.3 is 12.0 Å². The summed E-state index contributed by atoms with van der Waals surface area (Å²) in [5.74, 6) is -0.975. The fraction of sp³-hybridized carbons (Fsp3) is 0.263. The van der Waals surface area contributed by atoms with Gasteiger partial charge in [0.25, 0.3) is 0 Å². The number of urea groups is 1. The number of carboxylic acid groups (broad SMARTS) is 1. The second-order valence-electron chi connectivity index (χ2n) is 6.20. The molecule has 0 spiro atoms. The van der Waals surface area contributed by atoms with Crippen molar-refractivity contribution in [2.45, 2.75) is 12.6 Å². The van der Waals surface area contributed by atoms with Gasteiger partial charge in [0.1, 0.15) is 0 Å². The molecule has 0 radical (unpaired) electrons. The maximum Gasteiger partial charge on any atom is 0.335 e. The van der Waals surface area contributed by atoms with Crippen LogP contribution in [-0.2, 0) is 6.54 Å². The largest absolute Gasteiger partial charge is 0.478 e. The molecule has 1 atom stereocenters. The summed E-state index contributed by atoms with van der Waals surface area (Å²) in [5.41, 5.74) is 2.00. The van der Waals surface area contributed by atoms with Crippen molar-refractivity contribution in [1.82, 2.24) is 15.5 Å². The van der Waals surface area contributed by atoms with Gasteiger partial charge in [-0.1, -0.05) is 35.9 Å². The molecular formula is C19H22ClN3O3. The Morgan fingerprint density at radius 2 is 1.69 bits per heavy atom. The molecule has 0 aliphatic carbocycles. The number of rotatable bonds is 7. The first-order chi connectivity index (χ1) is 12.3. The van der Waals surface area contributed by atoms with E-state index in [1.165, 1.54) is 12.1 Å². The average Bonchev–Trinajstić information content (AvgIpc) is 2.60. The molecule has 1 unspecified atom stereocenters. The SMILES string of the molecule is CN(C)CC(NC(=O)NCc1ccc(C(=O)O)cc1)c1ccc(Cl)cc1. The van der Waals surface area contributed by atoms with Crippen LogP contribution >= 0.6 is 11.6 Å². The van der Waals surface area contributed by atoms with Crippen molar-refractivity contribution in [3.63, 3.8) is 0 Å². The Bertz CT molecular complexity index is 746. The summed E-state index contributed by atoms with van der Waals surface area (Å²) in [4.78, 5) is 25.1. The second-order valence-corrected chi connectivity index (χ2v) is 6.63. The molecule has 0 saturated carbocycles. The van der Waals surface area contributed by atoms with Crippen molar-refractivity contribution in [3.8, 4) is 0 Å². The van der Waals surface area contributed by atoms with Gasteiger partial charge in [-0.05, 0) is 49.5 Å². The predicted molar refractivity (Wildman–Crippen MR) is 102 cm³/mol. The predicted octanol–water partition coefficient (Wildman–Crippen LogP) is 3.14. The van der Waals surface area contributed by atoms with Crippen LogP contribution in [0.4, 0.5) is 4.79 Å². The Kier molecular flexibility index (Phi) is 7.00. The van der Waals surface area contributed by atoms with E-state index in [1.807, 2.05) is 31.1 Å². The van der Waals surface area contributed by atoms with Crippen LogP contribution in [0.15, 0.2) is 48.5 Å². The average molecular weight is 376 g/mol. The summed E-state index contributed by atoms with van der Waals surface area (Å²) < 4.78 is 0. The van der Waals surface area contributed by atoms with Gasteiger partial charge in [-0.25, -0.2) is 9.59 Å². The first-order valence-corrected chi connectivity index (χ1v) is 8.49. The maximum atomic E-state index is 12.3. The number of nitrogens with one attached hydrogen (secondary N) is 2. The number of benzene rings is 2. The Labute approximate surface area is 157 Å². The highest BCUT2D eigenvalue weighted by Crippen LogP contribution is 2.17. The van der Waals surface area contributed by atoms with Gasteiger partial charge in [0.05, 0.1) is 11.6 Å². The molecule has 138 valence electrons. The zero-order valence-electron chi connectivity index (χ0n) is 14.7. The third-order valence-corrected chi connectivity index (χ3v) is 4.03. The summed E-state index contributed by atoms with van der Waals surface area (Å²) in [6.45, 7) is 0.948. The van der Waals surface area contributed by atoms with Gasteiger partial charge in [0.2, 0.25) is 0 Å². The summed E-state index contributed by atoms with van der Waals surface area (Å²) in [5, 5.41) is 15.3. The number of carbonyl (C=O) groups excluding carboxylic acids is 1. The molecule has 6 nitrogen and oxygen atoms in total. The Morgan fingerprint density at radius 1 is 1.08 bits per heavy atom. The lowest BCUT2D eigenvalue weighted by atomic mass is 10.1. The first-order valence-electron chi connectivity index (χ1n) is 8.12. The zero-order chi connectivity index (χ0) is 19.1. The van der Waals surface area contributed by atoms with E-state index in [9.17, 15) is 9.59 Å². The molecule has 0 saturated heterocycles. The number of likely N-dealkylation sites (N-methyl/N-ethyl adjacent to an activating group) is 1. The molecule has 3 N–H and O–H groups in total. The molecule has 0 aliphatic heterocycles. The molecule has 7 heteroatoms. The minimum absolute atomic E-state index is 0.184. The summed E-state index contributed by atoms with van der Waals surface area (Å²) in [6.07, 6.45) is 0. The van der Waals surface area contributed by atoms with Crippen LogP contribution in [0.2, 0.25) is 5.02 Å². The van der Waals surface area contributed by atoms with Crippen LogP contribution in [0.1, 0.15) is 27.5 Å². The van der Waals surface area contributed by atoms with Crippen LogP contribution in [0.25, 0.3) is 0 Å². The molecular weight excluding hydrogens is 354 g/mol. The van der Waals surface area contributed by atoms with E-state index < -0.39 is 5.97 Å². The van der Waals surface area contributed by atoms with E-state index in [0.29, 0.717) is 18.1 Å². The molecule has 0 heterocycles.